The summed E-state index contributed by atoms with van der Waals surface area (Å²) in [4.78, 5) is 19.0. The molecule has 0 fully saturated rings. The number of nitrogens with one attached hydrogen (secondary N) is 1. The van der Waals surface area contributed by atoms with E-state index in [1.54, 1.807) is 0 Å². The van der Waals surface area contributed by atoms with Gasteiger partial charge in [0.25, 0.3) is 5.56 Å². The number of hydrogen-bond acceptors (Lipinski definition) is 6. The third kappa shape index (κ3) is 1.24. The summed E-state index contributed by atoms with van der Waals surface area (Å²) in [6, 6.07) is 3.67. The number of hydrogen-bond donors (Lipinski definition) is 1. The first-order valence-electron chi connectivity index (χ1n) is 4.11. The van der Waals surface area contributed by atoms with Crippen LogP contribution < -0.4 is 5.56 Å². The first-order valence-corrected chi connectivity index (χ1v) is 4.99. The molecule has 1 N–H and O–H groups in total. The Kier molecular flexibility index (Phi) is 1.65. The molecule has 3 aromatic rings. The van der Waals surface area contributed by atoms with Gasteiger partial charge in [-0.15, -0.1) is 11.3 Å². The SMILES string of the molecule is O=c1[nH]c2nonc2nc1-c1cccs1. The molecule has 0 saturated carbocycles. The van der Waals surface area contributed by atoms with Crippen LogP contribution in [-0.2, 0) is 0 Å². The molecule has 0 bridgehead atoms. The van der Waals surface area contributed by atoms with Crippen molar-refractivity contribution in [2.75, 3.05) is 0 Å². The summed E-state index contributed by atoms with van der Waals surface area (Å²) >= 11 is 1.44. The van der Waals surface area contributed by atoms with Crippen molar-refractivity contribution >= 4 is 22.6 Å². The molecule has 74 valence electrons. The minimum atomic E-state index is -0.291. The molecule has 3 aromatic heterocycles. The van der Waals surface area contributed by atoms with E-state index in [2.05, 4.69) is 24.9 Å². The Morgan fingerprint density at radius 3 is 3.13 bits per heavy atom. The highest BCUT2D eigenvalue weighted by atomic mass is 32.1. The fourth-order valence-corrected chi connectivity index (χ4v) is 1.95. The summed E-state index contributed by atoms with van der Waals surface area (Å²) in [5, 5.41) is 8.95. The fourth-order valence-electron chi connectivity index (χ4n) is 1.24. The molecule has 7 heteroatoms. The van der Waals surface area contributed by atoms with Crippen LogP contribution >= 0.6 is 11.3 Å². The lowest BCUT2D eigenvalue weighted by molar-refractivity contribution is 0.314. The lowest BCUT2D eigenvalue weighted by Crippen LogP contribution is -2.10. The van der Waals surface area contributed by atoms with E-state index in [0.717, 1.165) is 4.88 Å². The molecule has 0 amide bonds. The van der Waals surface area contributed by atoms with Crippen molar-refractivity contribution in [2.24, 2.45) is 0 Å². The fraction of sp³-hybridized carbons (Fsp3) is 0. The van der Waals surface area contributed by atoms with Crippen molar-refractivity contribution in [3.05, 3.63) is 27.9 Å². The normalized spacial score (nSPS) is 10.9. The molecule has 0 saturated heterocycles. The van der Waals surface area contributed by atoms with Gasteiger partial charge >= 0.3 is 0 Å². The average molecular weight is 220 g/mol. The zero-order valence-electron chi connectivity index (χ0n) is 7.30. The maximum atomic E-state index is 11.6. The van der Waals surface area contributed by atoms with Gasteiger partial charge in [-0.3, -0.25) is 9.78 Å². The van der Waals surface area contributed by atoms with E-state index in [4.69, 9.17) is 0 Å². The monoisotopic (exact) mass is 220 g/mol. The second-order valence-electron chi connectivity index (χ2n) is 2.83. The number of aromatic nitrogens is 4. The van der Waals surface area contributed by atoms with Crippen LogP contribution in [0.1, 0.15) is 0 Å². The van der Waals surface area contributed by atoms with Gasteiger partial charge in [0.1, 0.15) is 5.69 Å². The molecule has 0 aliphatic carbocycles. The summed E-state index contributed by atoms with van der Waals surface area (Å²) in [5.41, 5.74) is 0.618. The lowest BCUT2D eigenvalue weighted by Gasteiger charge is -1.92. The predicted molar refractivity (Wildman–Crippen MR) is 53.5 cm³/mol. The highest BCUT2D eigenvalue weighted by Gasteiger charge is 2.10. The largest absolute Gasteiger partial charge is 0.299 e. The van der Waals surface area contributed by atoms with E-state index in [1.807, 2.05) is 17.5 Å². The van der Waals surface area contributed by atoms with E-state index >= 15 is 0 Å². The summed E-state index contributed by atoms with van der Waals surface area (Å²) in [5.74, 6) is 0. The Morgan fingerprint density at radius 2 is 2.33 bits per heavy atom. The summed E-state index contributed by atoms with van der Waals surface area (Å²) in [6.45, 7) is 0. The van der Waals surface area contributed by atoms with Gasteiger partial charge in [0.2, 0.25) is 11.3 Å². The van der Waals surface area contributed by atoms with Crippen LogP contribution in [0, 0.1) is 0 Å². The van der Waals surface area contributed by atoms with Gasteiger partial charge in [0.15, 0.2) is 0 Å². The topological polar surface area (TPSA) is 84.7 Å². The van der Waals surface area contributed by atoms with Gasteiger partial charge in [0.05, 0.1) is 4.88 Å². The number of rotatable bonds is 1. The molecule has 6 nitrogen and oxygen atoms in total. The first-order chi connectivity index (χ1) is 7.34. The van der Waals surface area contributed by atoms with Crippen LogP contribution in [0.4, 0.5) is 0 Å². The average Bonchev–Trinajstić information content (AvgIpc) is 2.85. The molecular weight excluding hydrogens is 216 g/mol. The van der Waals surface area contributed by atoms with Gasteiger partial charge in [0, 0.05) is 0 Å². The molecule has 0 radical (unpaired) electrons. The molecule has 0 atom stereocenters. The van der Waals surface area contributed by atoms with E-state index < -0.39 is 0 Å². The Morgan fingerprint density at radius 1 is 1.40 bits per heavy atom. The smallest absolute Gasteiger partial charge is 0.277 e. The van der Waals surface area contributed by atoms with E-state index in [-0.39, 0.29) is 11.2 Å². The molecule has 0 aliphatic heterocycles. The zero-order chi connectivity index (χ0) is 10.3. The maximum Gasteiger partial charge on any atom is 0.277 e. The van der Waals surface area contributed by atoms with Gasteiger partial charge < -0.3 is 0 Å². The number of H-pyrrole nitrogens is 1. The number of thiophene rings is 1. The van der Waals surface area contributed by atoms with Crippen molar-refractivity contribution in [1.82, 2.24) is 20.3 Å². The van der Waals surface area contributed by atoms with Crippen molar-refractivity contribution in [1.29, 1.82) is 0 Å². The standard InChI is InChI=1S/C8H4N4O2S/c13-8-5(4-2-1-3-15-4)9-6-7(10-8)12-14-11-6/h1-3H,(H,10,12,13). The molecule has 15 heavy (non-hydrogen) atoms. The Labute approximate surface area is 86.5 Å². The zero-order valence-corrected chi connectivity index (χ0v) is 8.11. The first kappa shape index (κ1) is 8.30. The second-order valence-corrected chi connectivity index (χ2v) is 3.78. The Balaban J connectivity index is 2.35. The summed E-state index contributed by atoms with van der Waals surface area (Å²) in [7, 11) is 0. The Hall–Kier alpha value is -2.02. The molecule has 0 aromatic carbocycles. The third-order valence-electron chi connectivity index (χ3n) is 1.89. The molecule has 3 heterocycles. The van der Waals surface area contributed by atoms with E-state index in [0.29, 0.717) is 11.3 Å². The van der Waals surface area contributed by atoms with Crippen LogP contribution in [0.2, 0.25) is 0 Å². The van der Waals surface area contributed by atoms with Crippen LogP contribution in [0.3, 0.4) is 0 Å². The molecule has 3 rings (SSSR count). The van der Waals surface area contributed by atoms with Gasteiger partial charge in [-0.05, 0) is 21.8 Å². The van der Waals surface area contributed by atoms with Crippen LogP contribution in [0.25, 0.3) is 21.9 Å². The van der Waals surface area contributed by atoms with E-state index in [9.17, 15) is 4.79 Å². The molecule has 0 aliphatic rings. The van der Waals surface area contributed by atoms with Gasteiger partial charge in [-0.2, -0.15) is 0 Å². The lowest BCUT2D eigenvalue weighted by atomic mass is 10.3. The van der Waals surface area contributed by atoms with Crippen molar-refractivity contribution in [3.63, 3.8) is 0 Å². The third-order valence-corrected chi connectivity index (χ3v) is 2.77. The number of nitrogens with zero attached hydrogens (tertiary/aromatic N) is 3. The summed E-state index contributed by atoms with van der Waals surface area (Å²) in [6.07, 6.45) is 0. The predicted octanol–water partition coefficient (Wildman–Crippen LogP) is 1.03. The van der Waals surface area contributed by atoms with E-state index in [1.165, 1.54) is 11.3 Å². The highest BCUT2D eigenvalue weighted by Crippen LogP contribution is 2.19. The molecule has 0 unspecified atom stereocenters. The highest BCUT2D eigenvalue weighted by molar-refractivity contribution is 7.13. The van der Waals surface area contributed by atoms with Gasteiger partial charge in [-0.1, -0.05) is 6.07 Å². The minimum Gasteiger partial charge on any atom is -0.299 e. The molecular formula is C8H4N4O2S. The van der Waals surface area contributed by atoms with Crippen LogP contribution in [0.5, 0.6) is 0 Å². The van der Waals surface area contributed by atoms with Crippen molar-refractivity contribution in [2.45, 2.75) is 0 Å². The van der Waals surface area contributed by atoms with Crippen molar-refractivity contribution in [3.8, 4) is 10.6 Å². The van der Waals surface area contributed by atoms with Gasteiger partial charge in [-0.25, -0.2) is 9.61 Å². The number of fused-ring (bicyclic) bond motifs is 1. The Bertz CT molecular complexity index is 655. The van der Waals surface area contributed by atoms with Crippen LogP contribution in [0.15, 0.2) is 26.9 Å². The maximum absolute atomic E-state index is 11.6. The van der Waals surface area contributed by atoms with Crippen molar-refractivity contribution < 1.29 is 4.63 Å². The van der Waals surface area contributed by atoms with Crippen LogP contribution in [-0.4, -0.2) is 20.3 Å². The number of aromatic amines is 1. The second kappa shape index (κ2) is 2.99. The summed E-state index contributed by atoms with van der Waals surface area (Å²) < 4.78 is 4.46. The minimum absolute atomic E-state index is 0.264. The molecule has 0 spiro atoms. The quantitative estimate of drug-likeness (QED) is 0.662.